The summed E-state index contributed by atoms with van der Waals surface area (Å²) >= 11 is 0. The summed E-state index contributed by atoms with van der Waals surface area (Å²) in [7, 11) is 1.63. The topological polar surface area (TPSA) is 34.0 Å². The summed E-state index contributed by atoms with van der Waals surface area (Å²) in [6, 6.07) is 8.36. The highest BCUT2D eigenvalue weighted by molar-refractivity contribution is 5.97. The number of hydrogen-bond donors (Lipinski definition) is 1. The lowest BCUT2D eigenvalue weighted by Gasteiger charge is -2.36. The Kier molecular flexibility index (Phi) is 5.55. The Morgan fingerprint density at radius 3 is 2.39 bits per heavy atom. The van der Waals surface area contributed by atoms with E-state index in [4.69, 9.17) is 4.74 Å². The maximum Gasteiger partial charge on any atom is 0.258 e. The molecule has 1 saturated heterocycles. The first-order valence-corrected chi connectivity index (χ1v) is 9.06. The zero-order chi connectivity index (χ0) is 16.1. The van der Waals surface area contributed by atoms with Crippen molar-refractivity contribution in [2.45, 2.75) is 44.6 Å². The molecular formula is C19H29N2O2+. The normalized spacial score (nSPS) is 21.0. The molecule has 1 saturated carbocycles. The molecule has 0 unspecified atom stereocenters. The first-order chi connectivity index (χ1) is 11.3. The van der Waals surface area contributed by atoms with Crippen molar-refractivity contribution in [3.05, 3.63) is 29.8 Å². The van der Waals surface area contributed by atoms with E-state index in [9.17, 15) is 4.79 Å². The average Bonchev–Trinajstić information content (AvgIpc) is 2.90. The Bertz CT molecular complexity index is 516. The van der Waals surface area contributed by atoms with Crippen molar-refractivity contribution in [3.8, 4) is 5.75 Å². The number of para-hydroxylation sites is 1. The number of carbonyl (C=O) groups is 1. The van der Waals surface area contributed by atoms with Gasteiger partial charge in [0.15, 0.2) is 0 Å². The molecule has 1 amide bonds. The zero-order valence-corrected chi connectivity index (χ0v) is 14.2. The van der Waals surface area contributed by atoms with Crippen LogP contribution in [0.5, 0.6) is 5.75 Å². The molecule has 1 aromatic rings. The van der Waals surface area contributed by atoms with E-state index in [0.717, 1.165) is 32.2 Å². The molecule has 1 aliphatic carbocycles. The summed E-state index contributed by atoms with van der Waals surface area (Å²) < 4.78 is 5.33. The molecule has 23 heavy (non-hydrogen) atoms. The molecule has 4 heteroatoms. The van der Waals surface area contributed by atoms with Crippen LogP contribution >= 0.6 is 0 Å². The fraction of sp³-hybridized carbons (Fsp3) is 0.632. The minimum atomic E-state index is 0.113. The van der Waals surface area contributed by atoms with Gasteiger partial charge in [-0.05, 0) is 37.8 Å². The number of methoxy groups -OCH3 is 1. The quantitative estimate of drug-likeness (QED) is 0.862. The standard InChI is InChI=1S/C19H28N2O2/c1-23-18-11-7-6-10-17(18)19(22)21-14-12-20(13-15-21)16-8-4-2-3-5-9-16/h6-7,10-11,16H,2-5,8-9,12-15H2,1H3/p+1. The third kappa shape index (κ3) is 3.86. The maximum atomic E-state index is 12.8. The highest BCUT2D eigenvalue weighted by atomic mass is 16.5. The smallest absolute Gasteiger partial charge is 0.258 e. The monoisotopic (exact) mass is 317 g/mol. The van der Waals surface area contributed by atoms with E-state index < -0.39 is 0 Å². The Labute approximate surface area is 139 Å². The van der Waals surface area contributed by atoms with E-state index in [0.29, 0.717) is 11.3 Å². The number of ether oxygens (including phenoxy) is 1. The van der Waals surface area contributed by atoms with Crippen LogP contribution in [0.4, 0.5) is 0 Å². The maximum absolute atomic E-state index is 12.8. The van der Waals surface area contributed by atoms with Crippen LogP contribution in [0.2, 0.25) is 0 Å². The molecular weight excluding hydrogens is 288 g/mol. The van der Waals surface area contributed by atoms with Crippen molar-refractivity contribution in [2.75, 3.05) is 33.3 Å². The summed E-state index contributed by atoms with van der Waals surface area (Å²) in [6.45, 7) is 3.91. The molecule has 0 atom stereocenters. The highest BCUT2D eigenvalue weighted by Crippen LogP contribution is 2.20. The van der Waals surface area contributed by atoms with Gasteiger partial charge in [-0.1, -0.05) is 25.0 Å². The Morgan fingerprint density at radius 2 is 1.74 bits per heavy atom. The van der Waals surface area contributed by atoms with Crippen LogP contribution in [-0.2, 0) is 0 Å². The zero-order valence-electron chi connectivity index (χ0n) is 14.2. The Morgan fingerprint density at radius 1 is 1.09 bits per heavy atom. The fourth-order valence-electron chi connectivity index (χ4n) is 4.08. The molecule has 0 bridgehead atoms. The Hall–Kier alpha value is -1.55. The molecule has 3 rings (SSSR count). The van der Waals surface area contributed by atoms with Crippen molar-refractivity contribution in [3.63, 3.8) is 0 Å². The van der Waals surface area contributed by atoms with Gasteiger partial charge in [0.2, 0.25) is 0 Å². The molecule has 0 spiro atoms. The van der Waals surface area contributed by atoms with E-state index >= 15 is 0 Å². The van der Waals surface area contributed by atoms with Gasteiger partial charge in [-0.25, -0.2) is 0 Å². The summed E-state index contributed by atoms with van der Waals surface area (Å²) in [5.41, 5.74) is 0.688. The van der Waals surface area contributed by atoms with Crippen molar-refractivity contribution >= 4 is 5.91 Å². The predicted molar refractivity (Wildman–Crippen MR) is 91.1 cm³/mol. The summed E-state index contributed by atoms with van der Waals surface area (Å²) in [4.78, 5) is 16.5. The van der Waals surface area contributed by atoms with Gasteiger partial charge < -0.3 is 14.5 Å². The molecule has 1 aromatic carbocycles. The minimum absolute atomic E-state index is 0.113. The van der Waals surface area contributed by atoms with Crippen LogP contribution in [0.25, 0.3) is 0 Å². The molecule has 126 valence electrons. The van der Waals surface area contributed by atoms with E-state index in [1.54, 1.807) is 12.0 Å². The lowest BCUT2D eigenvalue weighted by Crippen LogP contribution is -3.18. The van der Waals surface area contributed by atoms with Crippen molar-refractivity contribution in [1.29, 1.82) is 0 Å². The molecule has 4 nitrogen and oxygen atoms in total. The number of amides is 1. The van der Waals surface area contributed by atoms with Gasteiger partial charge >= 0.3 is 0 Å². The third-order valence-corrected chi connectivity index (χ3v) is 5.46. The number of carbonyl (C=O) groups excluding carboxylic acids is 1. The average molecular weight is 317 g/mol. The highest BCUT2D eigenvalue weighted by Gasteiger charge is 2.30. The first-order valence-electron chi connectivity index (χ1n) is 9.06. The first kappa shape index (κ1) is 16.3. The lowest BCUT2D eigenvalue weighted by atomic mass is 10.1. The summed E-state index contributed by atoms with van der Waals surface area (Å²) in [5, 5.41) is 0. The minimum Gasteiger partial charge on any atom is -0.496 e. The van der Waals surface area contributed by atoms with Gasteiger partial charge in [-0.2, -0.15) is 0 Å². The van der Waals surface area contributed by atoms with Crippen LogP contribution in [-0.4, -0.2) is 50.1 Å². The lowest BCUT2D eigenvalue weighted by molar-refractivity contribution is -0.929. The van der Waals surface area contributed by atoms with E-state index in [2.05, 4.69) is 0 Å². The molecule has 2 aliphatic rings. The molecule has 0 aromatic heterocycles. The van der Waals surface area contributed by atoms with Crippen LogP contribution in [0, 0.1) is 0 Å². The van der Waals surface area contributed by atoms with E-state index in [1.807, 2.05) is 29.2 Å². The number of benzene rings is 1. The number of nitrogens with zero attached hydrogens (tertiary/aromatic N) is 1. The number of piperazine rings is 1. The summed E-state index contributed by atoms with van der Waals surface area (Å²) in [6.07, 6.45) is 8.33. The molecule has 2 fully saturated rings. The molecule has 1 heterocycles. The van der Waals surface area contributed by atoms with Gasteiger partial charge in [0.1, 0.15) is 5.75 Å². The SMILES string of the molecule is COc1ccccc1C(=O)N1CC[NH+](C2CCCCCC2)CC1. The molecule has 1 aliphatic heterocycles. The summed E-state index contributed by atoms with van der Waals surface area (Å²) in [5.74, 6) is 0.790. The Balaban J connectivity index is 1.59. The van der Waals surface area contributed by atoms with E-state index in [1.165, 1.54) is 38.5 Å². The number of quaternary nitrogens is 1. The van der Waals surface area contributed by atoms with E-state index in [-0.39, 0.29) is 5.91 Å². The van der Waals surface area contributed by atoms with Crippen molar-refractivity contribution in [1.82, 2.24) is 4.90 Å². The van der Waals surface area contributed by atoms with Gasteiger partial charge in [0.05, 0.1) is 44.9 Å². The van der Waals surface area contributed by atoms with Crippen molar-refractivity contribution < 1.29 is 14.4 Å². The van der Waals surface area contributed by atoms with Gasteiger partial charge in [-0.15, -0.1) is 0 Å². The third-order valence-electron chi connectivity index (χ3n) is 5.46. The number of nitrogens with one attached hydrogen (secondary N) is 1. The van der Waals surface area contributed by atoms with Crippen molar-refractivity contribution in [2.24, 2.45) is 0 Å². The van der Waals surface area contributed by atoms with Crippen LogP contribution in [0.15, 0.2) is 24.3 Å². The predicted octanol–water partition coefficient (Wildman–Crippen LogP) is 1.76. The number of hydrogen-bond acceptors (Lipinski definition) is 2. The van der Waals surface area contributed by atoms with Gasteiger partial charge in [0, 0.05) is 0 Å². The molecule has 1 N–H and O–H groups in total. The van der Waals surface area contributed by atoms with Gasteiger partial charge in [-0.3, -0.25) is 4.79 Å². The second kappa shape index (κ2) is 7.82. The van der Waals surface area contributed by atoms with Gasteiger partial charge in [0.25, 0.3) is 5.91 Å². The second-order valence-corrected chi connectivity index (χ2v) is 6.84. The number of rotatable bonds is 3. The van der Waals surface area contributed by atoms with Crippen LogP contribution in [0.3, 0.4) is 0 Å². The fourth-order valence-corrected chi connectivity index (χ4v) is 4.08. The largest absolute Gasteiger partial charge is 0.496 e. The van der Waals surface area contributed by atoms with Crippen LogP contribution in [0.1, 0.15) is 48.9 Å². The molecule has 0 radical (unpaired) electrons. The van der Waals surface area contributed by atoms with Crippen LogP contribution < -0.4 is 9.64 Å². The second-order valence-electron chi connectivity index (χ2n) is 6.84.